The number of rotatable bonds is 1. The Morgan fingerprint density at radius 3 is 2.57 bits per heavy atom. The van der Waals surface area contributed by atoms with Gasteiger partial charge in [0.25, 0.3) is 0 Å². The number of fused-ring (bicyclic) bond motifs is 1. The van der Waals surface area contributed by atoms with Gasteiger partial charge < -0.3 is 15.6 Å². The van der Waals surface area contributed by atoms with E-state index in [1.165, 1.54) is 6.07 Å². The van der Waals surface area contributed by atoms with Gasteiger partial charge >= 0.3 is 0 Å². The van der Waals surface area contributed by atoms with Crippen LogP contribution in [0.5, 0.6) is 0 Å². The average Bonchev–Trinajstić information content (AvgIpc) is 2.18. The number of benzene rings is 2. The van der Waals surface area contributed by atoms with Crippen molar-refractivity contribution in [2.45, 2.75) is 0 Å². The Morgan fingerprint density at radius 2 is 1.86 bits per heavy atom. The maximum atomic E-state index is 10.7. The van der Waals surface area contributed by atoms with Gasteiger partial charge in [0.1, 0.15) is 0 Å². The summed E-state index contributed by atoms with van der Waals surface area (Å²) in [6.45, 7) is 0. The van der Waals surface area contributed by atoms with E-state index in [-0.39, 0.29) is 11.3 Å². The molecule has 14 heavy (non-hydrogen) atoms. The predicted molar refractivity (Wildman–Crippen MR) is 52.7 cm³/mol. The number of nitrogen functional groups attached to an aromatic ring is 1. The molecule has 0 radical (unpaired) electrons. The zero-order chi connectivity index (χ0) is 10.1. The van der Waals surface area contributed by atoms with Gasteiger partial charge in [-0.3, -0.25) is 0 Å². The number of carbonyl (C=O) groups is 1. The summed E-state index contributed by atoms with van der Waals surface area (Å²) in [6.07, 6.45) is 0. The highest BCUT2D eigenvalue weighted by atomic mass is 16.4. The number of aromatic carboxylic acids is 1. The molecule has 0 saturated carbocycles. The van der Waals surface area contributed by atoms with Crippen molar-refractivity contribution in [1.29, 1.82) is 0 Å². The Labute approximate surface area is 80.8 Å². The average molecular weight is 186 g/mol. The number of hydrogen-bond donors (Lipinski definition) is 1. The molecule has 2 N–H and O–H groups in total. The highest BCUT2D eigenvalue weighted by Gasteiger charge is 2.03. The third-order valence-corrected chi connectivity index (χ3v) is 2.19. The largest absolute Gasteiger partial charge is 0.545 e. The third kappa shape index (κ3) is 1.19. The summed E-state index contributed by atoms with van der Waals surface area (Å²) >= 11 is 0. The number of hydrogen-bond acceptors (Lipinski definition) is 3. The van der Waals surface area contributed by atoms with Gasteiger partial charge in [0, 0.05) is 16.6 Å². The van der Waals surface area contributed by atoms with Crippen LogP contribution in [0.3, 0.4) is 0 Å². The minimum Gasteiger partial charge on any atom is -0.545 e. The molecule has 70 valence electrons. The van der Waals surface area contributed by atoms with Gasteiger partial charge in [-0.15, -0.1) is 0 Å². The van der Waals surface area contributed by atoms with E-state index < -0.39 is 5.97 Å². The first-order valence-electron chi connectivity index (χ1n) is 4.18. The Hall–Kier alpha value is -2.03. The SMILES string of the molecule is Nc1c(C(=O)[O-])ccc2ccccc12. The summed E-state index contributed by atoms with van der Waals surface area (Å²) in [4.78, 5) is 10.7. The molecule has 0 heterocycles. The quantitative estimate of drug-likeness (QED) is 0.669. The van der Waals surface area contributed by atoms with Crippen LogP contribution in [0.1, 0.15) is 10.4 Å². The summed E-state index contributed by atoms with van der Waals surface area (Å²) in [5.74, 6) is -1.24. The van der Waals surface area contributed by atoms with Crippen molar-refractivity contribution >= 4 is 22.4 Å². The Bertz CT molecular complexity index is 506. The van der Waals surface area contributed by atoms with Gasteiger partial charge in [-0.05, 0) is 5.39 Å². The van der Waals surface area contributed by atoms with Crippen LogP contribution in [0.4, 0.5) is 5.69 Å². The molecule has 0 aliphatic carbocycles. The Morgan fingerprint density at radius 1 is 1.14 bits per heavy atom. The zero-order valence-corrected chi connectivity index (χ0v) is 7.36. The van der Waals surface area contributed by atoms with E-state index in [0.717, 1.165) is 10.8 Å². The first kappa shape index (κ1) is 8.56. The number of nitrogens with two attached hydrogens (primary N) is 1. The molecular formula is C11H8NO2-. The molecule has 2 aromatic rings. The second-order valence-corrected chi connectivity index (χ2v) is 3.04. The molecule has 0 bridgehead atoms. The van der Waals surface area contributed by atoms with Crippen LogP contribution in [-0.2, 0) is 0 Å². The van der Waals surface area contributed by atoms with Crippen molar-refractivity contribution in [3.63, 3.8) is 0 Å². The van der Waals surface area contributed by atoms with E-state index in [1.54, 1.807) is 12.1 Å². The molecule has 0 amide bonds. The minimum absolute atomic E-state index is 0.0451. The third-order valence-electron chi connectivity index (χ3n) is 2.19. The number of carbonyl (C=O) groups excluding carboxylic acids is 1. The van der Waals surface area contributed by atoms with Gasteiger partial charge in [-0.25, -0.2) is 0 Å². The van der Waals surface area contributed by atoms with E-state index in [9.17, 15) is 9.90 Å². The summed E-state index contributed by atoms with van der Waals surface area (Å²) < 4.78 is 0. The topological polar surface area (TPSA) is 66.2 Å². The molecule has 2 rings (SSSR count). The molecule has 0 saturated heterocycles. The molecule has 0 atom stereocenters. The van der Waals surface area contributed by atoms with Gasteiger partial charge in [0.2, 0.25) is 0 Å². The molecule has 0 aliphatic rings. The van der Waals surface area contributed by atoms with Gasteiger partial charge in [-0.2, -0.15) is 0 Å². The highest BCUT2D eigenvalue weighted by molar-refractivity contribution is 6.04. The van der Waals surface area contributed by atoms with Crippen LogP contribution >= 0.6 is 0 Å². The zero-order valence-electron chi connectivity index (χ0n) is 7.36. The van der Waals surface area contributed by atoms with Crippen LogP contribution in [0, 0.1) is 0 Å². The Kier molecular flexibility index (Phi) is 1.85. The molecule has 0 aromatic heterocycles. The van der Waals surface area contributed by atoms with Gasteiger partial charge in [-0.1, -0.05) is 36.4 Å². The first-order valence-corrected chi connectivity index (χ1v) is 4.18. The normalized spacial score (nSPS) is 10.3. The summed E-state index contributed by atoms with van der Waals surface area (Å²) in [5, 5.41) is 12.3. The van der Waals surface area contributed by atoms with Gasteiger partial charge in [0.15, 0.2) is 0 Å². The molecule has 2 aromatic carbocycles. The standard InChI is InChI=1S/C11H9NO2/c12-10-8-4-2-1-3-7(8)5-6-9(10)11(13)14/h1-6H,12H2,(H,13,14)/p-1. The van der Waals surface area contributed by atoms with E-state index in [0.29, 0.717) is 0 Å². The summed E-state index contributed by atoms with van der Waals surface area (Å²) in [7, 11) is 0. The van der Waals surface area contributed by atoms with E-state index >= 15 is 0 Å². The fourth-order valence-electron chi connectivity index (χ4n) is 1.47. The number of carboxylic acid groups (broad SMARTS) is 1. The first-order chi connectivity index (χ1) is 6.70. The van der Waals surface area contributed by atoms with Crippen molar-refractivity contribution in [3.05, 3.63) is 42.0 Å². The lowest BCUT2D eigenvalue weighted by Gasteiger charge is -2.09. The minimum atomic E-state index is -1.24. The lowest BCUT2D eigenvalue weighted by Crippen LogP contribution is -2.23. The second kappa shape index (κ2) is 3.03. The molecule has 0 fully saturated rings. The molecular weight excluding hydrogens is 178 g/mol. The monoisotopic (exact) mass is 186 g/mol. The lowest BCUT2D eigenvalue weighted by molar-refractivity contribution is -0.254. The van der Waals surface area contributed by atoms with Crippen molar-refractivity contribution < 1.29 is 9.90 Å². The van der Waals surface area contributed by atoms with Crippen LogP contribution in [0.25, 0.3) is 10.8 Å². The van der Waals surface area contributed by atoms with Crippen molar-refractivity contribution in [2.75, 3.05) is 5.73 Å². The smallest absolute Gasteiger partial charge is 0.0736 e. The predicted octanol–water partition coefficient (Wildman–Crippen LogP) is 0.785. The molecule has 0 aliphatic heterocycles. The molecule has 0 spiro atoms. The van der Waals surface area contributed by atoms with Crippen LogP contribution in [0.2, 0.25) is 0 Å². The lowest BCUT2D eigenvalue weighted by atomic mass is 10.0. The maximum absolute atomic E-state index is 10.7. The molecule has 0 unspecified atom stereocenters. The van der Waals surface area contributed by atoms with Crippen molar-refractivity contribution in [2.24, 2.45) is 0 Å². The summed E-state index contributed by atoms with van der Waals surface area (Å²) in [5.41, 5.74) is 6.01. The van der Waals surface area contributed by atoms with E-state index in [4.69, 9.17) is 5.73 Å². The fourth-order valence-corrected chi connectivity index (χ4v) is 1.47. The van der Waals surface area contributed by atoms with Crippen LogP contribution in [-0.4, -0.2) is 5.97 Å². The Balaban J connectivity index is 2.81. The van der Waals surface area contributed by atoms with Crippen molar-refractivity contribution in [1.82, 2.24) is 0 Å². The summed E-state index contributed by atoms with van der Waals surface area (Å²) in [6, 6.07) is 10.5. The number of carboxylic acids is 1. The second-order valence-electron chi connectivity index (χ2n) is 3.04. The maximum Gasteiger partial charge on any atom is 0.0736 e. The highest BCUT2D eigenvalue weighted by Crippen LogP contribution is 2.23. The van der Waals surface area contributed by atoms with Crippen molar-refractivity contribution in [3.8, 4) is 0 Å². The number of anilines is 1. The molecule has 3 nitrogen and oxygen atoms in total. The molecule has 3 heteroatoms. The fraction of sp³-hybridized carbons (Fsp3) is 0. The van der Waals surface area contributed by atoms with Gasteiger partial charge in [0.05, 0.1) is 5.97 Å². The van der Waals surface area contributed by atoms with E-state index in [2.05, 4.69) is 0 Å². The van der Waals surface area contributed by atoms with Crippen LogP contribution < -0.4 is 10.8 Å². The van der Waals surface area contributed by atoms with E-state index in [1.807, 2.05) is 18.2 Å². The van der Waals surface area contributed by atoms with Crippen LogP contribution in [0.15, 0.2) is 36.4 Å².